The average molecular weight is 474 g/mol. The molecule has 1 aliphatic heterocycles. The Bertz CT molecular complexity index is 1320. The molecule has 1 aromatic heterocycles. The van der Waals surface area contributed by atoms with E-state index in [9.17, 15) is 10.1 Å². The minimum atomic E-state index is -0.482. The first-order valence-electron chi connectivity index (χ1n) is 11.4. The number of nitrogens with one attached hydrogen (secondary N) is 2. The zero-order valence-corrected chi connectivity index (χ0v) is 19.8. The minimum Gasteiger partial charge on any atom is -0.490 e. The zero-order chi connectivity index (χ0) is 24.9. The van der Waals surface area contributed by atoms with Crippen LogP contribution in [0.1, 0.15) is 42.1 Å². The summed E-state index contributed by atoms with van der Waals surface area (Å²) < 4.78 is 17.2. The topological polar surface area (TPSA) is 135 Å². The fourth-order valence-corrected chi connectivity index (χ4v) is 4.10. The van der Waals surface area contributed by atoms with E-state index in [1.165, 1.54) is 0 Å². The number of nitrogens with zero attached hydrogens (tertiary/aromatic N) is 2. The molecule has 0 fully saturated rings. The molecule has 0 saturated carbocycles. The summed E-state index contributed by atoms with van der Waals surface area (Å²) in [6.45, 7) is 5.95. The monoisotopic (exact) mass is 473 g/mol. The molecule has 2 heterocycles. The number of carbonyl (C=O) groups excluding carboxylic acids is 1. The number of fused-ring (bicyclic) bond motifs is 1. The van der Waals surface area contributed by atoms with Crippen LogP contribution in [-0.4, -0.2) is 29.3 Å². The van der Waals surface area contributed by atoms with Crippen molar-refractivity contribution in [2.75, 3.05) is 18.5 Å². The van der Waals surface area contributed by atoms with Crippen molar-refractivity contribution in [3.05, 3.63) is 76.3 Å². The van der Waals surface area contributed by atoms with Crippen LogP contribution in [0.5, 0.6) is 17.4 Å². The number of aryl methyl sites for hydroxylation is 2. The van der Waals surface area contributed by atoms with Crippen LogP contribution in [0.4, 0.5) is 5.69 Å². The van der Waals surface area contributed by atoms with Crippen LogP contribution in [0, 0.1) is 18.3 Å². The van der Waals surface area contributed by atoms with E-state index >= 15 is 0 Å². The number of rotatable bonds is 8. The third-order valence-electron chi connectivity index (χ3n) is 5.76. The number of allylic oxidation sites excluding steroid dienone is 1. The maximum Gasteiger partial charge on any atom is 0.262 e. The number of nitriles is 1. The van der Waals surface area contributed by atoms with Crippen molar-refractivity contribution in [1.29, 1.82) is 5.26 Å². The highest BCUT2D eigenvalue weighted by Gasteiger charge is 2.34. The van der Waals surface area contributed by atoms with E-state index in [0.717, 1.165) is 34.5 Å². The standard InChI is InChI=1S/C26H27N5O4/c1-4-16-8-6-7-9-19(16)29-22(32)14-34-20-11-10-17(12-21(20)33-5-2)24-18(13-27)25(28)35-26-23(24)15(3)30-31-26/h6-12,24H,4-5,14,28H2,1-3H3,(H,29,32)(H,30,31). The lowest BCUT2D eigenvalue weighted by Crippen LogP contribution is -2.22. The zero-order valence-electron chi connectivity index (χ0n) is 19.8. The van der Waals surface area contributed by atoms with Gasteiger partial charge in [-0.2, -0.15) is 5.26 Å². The van der Waals surface area contributed by atoms with Crippen molar-refractivity contribution < 1.29 is 19.0 Å². The summed E-state index contributed by atoms with van der Waals surface area (Å²) in [6, 6.07) is 15.2. The van der Waals surface area contributed by atoms with Crippen molar-refractivity contribution in [2.45, 2.75) is 33.1 Å². The number of nitrogens with two attached hydrogens (primary N) is 1. The Hall–Kier alpha value is -4.45. The Kier molecular flexibility index (Phi) is 6.92. The molecule has 1 aliphatic rings. The number of hydrogen-bond acceptors (Lipinski definition) is 7. The molecule has 4 N–H and O–H groups in total. The number of amides is 1. The van der Waals surface area contributed by atoms with E-state index < -0.39 is 5.92 Å². The molecule has 9 nitrogen and oxygen atoms in total. The van der Waals surface area contributed by atoms with E-state index in [4.69, 9.17) is 19.9 Å². The molecule has 0 saturated heterocycles. The van der Waals surface area contributed by atoms with Crippen LogP contribution in [0.2, 0.25) is 0 Å². The third kappa shape index (κ3) is 4.77. The fraction of sp³-hybridized carbons (Fsp3) is 0.269. The summed E-state index contributed by atoms with van der Waals surface area (Å²) in [4.78, 5) is 12.5. The van der Waals surface area contributed by atoms with Crippen molar-refractivity contribution in [1.82, 2.24) is 10.2 Å². The number of carbonyl (C=O) groups is 1. The average Bonchev–Trinajstić information content (AvgIpc) is 3.22. The van der Waals surface area contributed by atoms with E-state index in [0.29, 0.717) is 24.0 Å². The van der Waals surface area contributed by atoms with Crippen molar-refractivity contribution in [3.8, 4) is 23.4 Å². The van der Waals surface area contributed by atoms with Gasteiger partial charge < -0.3 is 25.3 Å². The number of para-hydroxylation sites is 1. The van der Waals surface area contributed by atoms with Gasteiger partial charge in [-0.1, -0.05) is 31.2 Å². The smallest absolute Gasteiger partial charge is 0.262 e. The summed E-state index contributed by atoms with van der Waals surface area (Å²) in [5.41, 5.74) is 10.4. The van der Waals surface area contributed by atoms with E-state index in [1.807, 2.05) is 51.1 Å². The van der Waals surface area contributed by atoms with Crippen LogP contribution in [0.25, 0.3) is 0 Å². The molecule has 1 unspecified atom stereocenters. The highest BCUT2D eigenvalue weighted by molar-refractivity contribution is 5.92. The number of hydrogen-bond donors (Lipinski definition) is 3. The van der Waals surface area contributed by atoms with Crippen LogP contribution < -0.4 is 25.3 Å². The molecule has 3 aromatic rings. The van der Waals surface area contributed by atoms with Gasteiger partial charge in [0.15, 0.2) is 18.1 Å². The molecular formula is C26H27N5O4. The Labute approximate surface area is 203 Å². The highest BCUT2D eigenvalue weighted by Crippen LogP contribution is 2.44. The van der Waals surface area contributed by atoms with E-state index in [-0.39, 0.29) is 24.0 Å². The van der Waals surface area contributed by atoms with Gasteiger partial charge in [0, 0.05) is 16.9 Å². The van der Waals surface area contributed by atoms with Gasteiger partial charge in [0.25, 0.3) is 5.91 Å². The second-order valence-corrected chi connectivity index (χ2v) is 7.98. The summed E-state index contributed by atoms with van der Waals surface area (Å²) in [5.74, 6) is 0.468. The predicted molar refractivity (Wildman–Crippen MR) is 130 cm³/mol. The minimum absolute atomic E-state index is 0.0128. The number of aromatic amines is 1. The molecule has 4 rings (SSSR count). The van der Waals surface area contributed by atoms with Gasteiger partial charge in [-0.15, -0.1) is 5.10 Å². The van der Waals surface area contributed by atoms with Crippen LogP contribution >= 0.6 is 0 Å². The van der Waals surface area contributed by atoms with Gasteiger partial charge in [-0.05, 0) is 49.6 Å². The quantitative estimate of drug-likeness (QED) is 0.451. The largest absolute Gasteiger partial charge is 0.490 e. The Morgan fingerprint density at radius 2 is 2.03 bits per heavy atom. The first kappa shape index (κ1) is 23.7. The molecule has 0 aliphatic carbocycles. The molecule has 35 heavy (non-hydrogen) atoms. The summed E-state index contributed by atoms with van der Waals surface area (Å²) in [7, 11) is 0. The van der Waals surface area contributed by atoms with Gasteiger partial charge >= 0.3 is 0 Å². The van der Waals surface area contributed by atoms with Gasteiger partial charge in [-0.25, -0.2) is 0 Å². The second kappa shape index (κ2) is 10.2. The Balaban J connectivity index is 1.58. The van der Waals surface area contributed by atoms with Crippen LogP contribution in [-0.2, 0) is 11.2 Å². The normalized spacial score (nSPS) is 14.5. The van der Waals surface area contributed by atoms with Crippen molar-refractivity contribution >= 4 is 11.6 Å². The SMILES string of the molecule is CCOc1cc(C2C(C#N)=C(N)Oc3n[nH]c(C)c32)ccc1OCC(=O)Nc1ccccc1CC. The Morgan fingerprint density at radius 1 is 1.23 bits per heavy atom. The van der Waals surface area contributed by atoms with Crippen molar-refractivity contribution in [2.24, 2.45) is 5.73 Å². The number of benzene rings is 2. The van der Waals surface area contributed by atoms with E-state index in [1.54, 1.807) is 12.1 Å². The molecule has 1 atom stereocenters. The van der Waals surface area contributed by atoms with Gasteiger partial charge in [0.05, 0.1) is 12.5 Å². The lowest BCUT2D eigenvalue weighted by molar-refractivity contribution is -0.118. The number of ether oxygens (including phenoxy) is 3. The molecule has 1 amide bonds. The highest BCUT2D eigenvalue weighted by atomic mass is 16.5. The number of anilines is 1. The molecule has 0 spiro atoms. The maximum absolute atomic E-state index is 12.5. The van der Waals surface area contributed by atoms with E-state index in [2.05, 4.69) is 21.6 Å². The number of H-pyrrole nitrogens is 1. The molecule has 0 radical (unpaired) electrons. The molecular weight excluding hydrogens is 446 g/mol. The molecule has 0 bridgehead atoms. The van der Waals surface area contributed by atoms with Gasteiger partial charge in [0.2, 0.25) is 11.8 Å². The fourth-order valence-electron chi connectivity index (χ4n) is 4.10. The second-order valence-electron chi connectivity index (χ2n) is 7.98. The summed E-state index contributed by atoms with van der Waals surface area (Å²) in [6.07, 6.45) is 0.807. The first-order valence-corrected chi connectivity index (χ1v) is 11.4. The van der Waals surface area contributed by atoms with Crippen LogP contribution in [0.3, 0.4) is 0 Å². The summed E-state index contributed by atoms with van der Waals surface area (Å²) >= 11 is 0. The maximum atomic E-state index is 12.5. The Morgan fingerprint density at radius 3 is 2.77 bits per heavy atom. The predicted octanol–water partition coefficient (Wildman–Crippen LogP) is 3.91. The van der Waals surface area contributed by atoms with Crippen LogP contribution in [0.15, 0.2) is 53.9 Å². The van der Waals surface area contributed by atoms with Gasteiger partial charge in [0.1, 0.15) is 11.6 Å². The first-order chi connectivity index (χ1) is 17.0. The molecule has 9 heteroatoms. The summed E-state index contributed by atoms with van der Waals surface area (Å²) in [5, 5.41) is 19.7. The van der Waals surface area contributed by atoms with Gasteiger partial charge in [-0.3, -0.25) is 9.89 Å². The number of aromatic nitrogens is 2. The lowest BCUT2D eigenvalue weighted by atomic mass is 9.84. The molecule has 180 valence electrons. The van der Waals surface area contributed by atoms with Crippen molar-refractivity contribution in [3.63, 3.8) is 0 Å². The lowest BCUT2D eigenvalue weighted by Gasteiger charge is -2.24. The third-order valence-corrected chi connectivity index (χ3v) is 5.76. The molecule has 2 aromatic carbocycles.